The monoisotopic (exact) mass is 456 g/mol. The molecule has 144 valence electrons. The molecule has 1 N–H and O–H groups in total. The van der Waals surface area contributed by atoms with Crippen LogP contribution in [0.5, 0.6) is 0 Å². The number of fused-ring (bicyclic) bond motifs is 1. The number of H-pyrrole nitrogens is 1. The van der Waals surface area contributed by atoms with Crippen LogP contribution in [0, 0.1) is 0 Å². The topological polar surface area (TPSA) is 24.6 Å². The van der Waals surface area contributed by atoms with Gasteiger partial charge in [0.1, 0.15) is 18.4 Å². The van der Waals surface area contributed by atoms with Gasteiger partial charge in [-0.15, -0.1) is 0 Å². The molecule has 4 aromatic rings. The van der Waals surface area contributed by atoms with E-state index in [1.54, 1.807) is 0 Å². The van der Waals surface area contributed by atoms with Gasteiger partial charge in [-0.05, 0) is 48.7 Å². The lowest BCUT2D eigenvalue weighted by Gasteiger charge is -2.13. The van der Waals surface area contributed by atoms with Crippen LogP contribution < -0.4 is 4.57 Å². The molecule has 28 heavy (non-hydrogen) atoms. The number of aromatic amines is 1. The Kier molecular flexibility index (Phi) is 5.88. The summed E-state index contributed by atoms with van der Waals surface area (Å²) >= 11 is 9.72. The Bertz CT molecular complexity index is 1050. The van der Waals surface area contributed by atoms with E-state index in [1.165, 1.54) is 34.9 Å². The lowest BCUT2D eigenvalue weighted by atomic mass is 10.0. The second-order valence-corrected chi connectivity index (χ2v) is 8.57. The van der Waals surface area contributed by atoms with Gasteiger partial charge in [0.25, 0.3) is 0 Å². The van der Waals surface area contributed by atoms with Crippen LogP contribution in [0.25, 0.3) is 10.9 Å². The summed E-state index contributed by atoms with van der Waals surface area (Å²) in [4.78, 5) is 3.20. The zero-order valence-corrected chi connectivity index (χ0v) is 18.2. The van der Waals surface area contributed by atoms with Crippen LogP contribution in [-0.2, 0) is 6.54 Å². The average molecular weight is 458 g/mol. The fourth-order valence-electron chi connectivity index (χ4n) is 3.84. The number of unbranched alkanes of at least 4 members (excludes halogenated alkanes) is 1. The number of imidazole rings is 1. The van der Waals surface area contributed by atoms with Crippen molar-refractivity contribution in [3.63, 3.8) is 0 Å². The molecule has 3 nitrogen and oxygen atoms in total. The Hall–Kier alpha value is -2.04. The fraction of sp³-hybridized carbons (Fsp3) is 0.261. The van der Waals surface area contributed by atoms with Crippen LogP contribution in [0.4, 0.5) is 0 Å². The number of hydrogen-bond acceptors (Lipinski definition) is 0. The van der Waals surface area contributed by atoms with E-state index in [0.717, 1.165) is 22.5 Å². The number of aromatic nitrogens is 3. The van der Waals surface area contributed by atoms with Gasteiger partial charge in [0.15, 0.2) is 0 Å². The molecule has 0 fully saturated rings. The largest absolute Gasteiger partial charge is 0.343 e. The van der Waals surface area contributed by atoms with E-state index in [9.17, 15) is 0 Å². The quantitative estimate of drug-likeness (QED) is 0.306. The zero-order valence-electron chi connectivity index (χ0n) is 15.9. The number of halogens is 2. The Balaban J connectivity index is 1.80. The van der Waals surface area contributed by atoms with Crippen molar-refractivity contribution in [2.75, 3.05) is 0 Å². The molecular formula is C23H24BrClN3+. The molecule has 2 heterocycles. The van der Waals surface area contributed by atoms with Gasteiger partial charge in [0.2, 0.25) is 6.33 Å². The van der Waals surface area contributed by atoms with Crippen molar-refractivity contribution in [1.82, 2.24) is 9.55 Å². The number of nitrogens with zero attached hydrogens (tertiary/aromatic N) is 2. The predicted molar refractivity (Wildman–Crippen MR) is 119 cm³/mol. The highest BCUT2D eigenvalue weighted by Gasteiger charge is 2.23. The molecule has 0 aliphatic carbocycles. The van der Waals surface area contributed by atoms with E-state index in [-0.39, 0.29) is 0 Å². The third-order valence-electron chi connectivity index (χ3n) is 5.26. The fourth-order valence-corrected chi connectivity index (χ4v) is 4.32. The first-order valence-corrected chi connectivity index (χ1v) is 10.9. The van der Waals surface area contributed by atoms with Gasteiger partial charge in [0, 0.05) is 38.7 Å². The van der Waals surface area contributed by atoms with Crippen molar-refractivity contribution in [3.05, 3.63) is 88.0 Å². The van der Waals surface area contributed by atoms with E-state index in [2.05, 4.69) is 86.0 Å². The molecule has 0 saturated heterocycles. The molecule has 0 bridgehead atoms. The Morgan fingerprint density at radius 2 is 2.00 bits per heavy atom. The van der Waals surface area contributed by atoms with E-state index < -0.39 is 0 Å². The Morgan fingerprint density at radius 1 is 1.18 bits per heavy atom. The minimum Gasteiger partial charge on any atom is -0.343 e. The molecule has 0 spiro atoms. The van der Waals surface area contributed by atoms with Crippen LogP contribution in [0.15, 0.2) is 71.9 Å². The Labute approximate surface area is 179 Å². The highest BCUT2D eigenvalue weighted by atomic mass is 79.9. The number of benzene rings is 2. The van der Waals surface area contributed by atoms with Gasteiger partial charge in [-0.1, -0.05) is 53.0 Å². The zero-order chi connectivity index (χ0) is 19.5. The summed E-state index contributed by atoms with van der Waals surface area (Å²) in [5.74, 6) is 0. The van der Waals surface area contributed by atoms with E-state index in [0.29, 0.717) is 6.04 Å². The van der Waals surface area contributed by atoms with Crippen molar-refractivity contribution in [2.24, 2.45) is 0 Å². The summed E-state index contributed by atoms with van der Waals surface area (Å²) in [6, 6.07) is 15.0. The SMILES string of the molecule is CCCCC(c1cn(Cc2ccc(Cl)cc2)c2ccc(Br)cc12)[n+]1cc[nH]c1. The van der Waals surface area contributed by atoms with Crippen LogP contribution >= 0.6 is 27.5 Å². The lowest BCUT2D eigenvalue weighted by Crippen LogP contribution is -2.37. The second kappa shape index (κ2) is 8.54. The van der Waals surface area contributed by atoms with Gasteiger partial charge in [-0.2, -0.15) is 0 Å². The highest BCUT2D eigenvalue weighted by molar-refractivity contribution is 9.10. The summed E-state index contributed by atoms with van der Waals surface area (Å²) in [7, 11) is 0. The minimum absolute atomic E-state index is 0.314. The number of hydrogen-bond donors (Lipinski definition) is 1. The minimum atomic E-state index is 0.314. The maximum absolute atomic E-state index is 6.06. The second-order valence-electron chi connectivity index (χ2n) is 7.22. The van der Waals surface area contributed by atoms with Crippen LogP contribution in [0.1, 0.15) is 43.4 Å². The van der Waals surface area contributed by atoms with Crippen molar-refractivity contribution < 1.29 is 4.57 Å². The van der Waals surface area contributed by atoms with E-state index >= 15 is 0 Å². The molecule has 0 amide bonds. The summed E-state index contributed by atoms with van der Waals surface area (Å²) in [6.07, 6.45) is 12.0. The van der Waals surface area contributed by atoms with E-state index in [1.807, 2.05) is 18.3 Å². The first kappa shape index (κ1) is 19.3. The van der Waals surface area contributed by atoms with Crippen LogP contribution in [0.3, 0.4) is 0 Å². The third kappa shape index (κ3) is 4.03. The van der Waals surface area contributed by atoms with Gasteiger partial charge < -0.3 is 4.57 Å². The lowest BCUT2D eigenvalue weighted by molar-refractivity contribution is -0.713. The van der Waals surface area contributed by atoms with Gasteiger partial charge in [0.05, 0.1) is 0 Å². The normalized spacial score (nSPS) is 12.5. The number of rotatable bonds is 7. The summed E-state index contributed by atoms with van der Waals surface area (Å²) in [6.45, 7) is 3.08. The molecule has 1 unspecified atom stereocenters. The molecule has 0 saturated carbocycles. The standard InChI is InChI=1S/C23H23BrClN3/c1-2-3-4-22(27-12-11-26-16-27)21-15-28(14-17-5-8-19(25)9-6-17)23-10-7-18(24)13-20(21)23/h5-13,15-16,22H,2-4,14H2,1H3/p+1. The highest BCUT2D eigenvalue weighted by Crippen LogP contribution is 2.32. The van der Waals surface area contributed by atoms with Crippen molar-refractivity contribution in [3.8, 4) is 0 Å². The van der Waals surface area contributed by atoms with Gasteiger partial charge in [-0.3, -0.25) is 4.98 Å². The molecule has 0 aliphatic heterocycles. The summed E-state index contributed by atoms with van der Waals surface area (Å²) in [5, 5.41) is 2.08. The first-order valence-electron chi connectivity index (χ1n) is 9.72. The van der Waals surface area contributed by atoms with Gasteiger partial charge >= 0.3 is 0 Å². The summed E-state index contributed by atoms with van der Waals surface area (Å²) in [5.41, 5.74) is 3.87. The molecule has 5 heteroatoms. The Morgan fingerprint density at radius 3 is 2.71 bits per heavy atom. The smallest absolute Gasteiger partial charge is 0.242 e. The van der Waals surface area contributed by atoms with E-state index in [4.69, 9.17) is 11.6 Å². The van der Waals surface area contributed by atoms with Crippen molar-refractivity contribution in [1.29, 1.82) is 0 Å². The predicted octanol–water partition coefficient (Wildman–Crippen LogP) is 6.50. The average Bonchev–Trinajstić information content (AvgIpc) is 3.33. The van der Waals surface area contributed by atoms with Gasteiger partial charge in [-0.25, -0.2) is 4.57 Å². The van der Waals surface area contributed by atoms with Crippen molar-refractivity contribution >= 4 is 38.4 Å². The van der Waals surface area contributed by atoms with Crippen molar-refractivity contribution in [2.45, 2.75) is 38.8 Å². The van der Waals surface area contributed by atoms with Crippen LogP contribution in [-0.4, -0.2) is 9.55 Å². The maximum atomic E-state index is 6.06. The molecule has 2 aromatic carbocycles. The molecule has 2 aromatic heterocycles. The molecule has 4 rings (SSSR count). The molecular weight excluding hydrogens is 434 g/mol. The number of nitrogens with one attached hydrogen (secondary N) is 1. The third-order valence-corrected chi connectivity index (χ3v) is 6.00. The molecule has 1 atom stereocenters. The first-order chi connectivity index (χ1) is 13.7. The summed E-state index contributed by atoms with van der Waals surface area (Å²) < 4.78 is 5.75. The molecule has 0 aliphatic rings. The maximum Gasteiger partial charge on any atom is 0.242 e. The van der Waals surface area contributed by atoms with Crippen LogP contribution in [0.2, 0.25) is 5.02 Å². The molecule has 0 radical (unpaired) electrons.